The average molecular weight is 211 g/mol. The van der Waals surface area contributed by atoms with Gasteiger partial charge in [-0.25, -0.2) is 0 Å². The van der Waals surface area contributed by atoms with Gasteiger partial charge in [0.25, 0.3) is 0 Å². The van der Waals surface area contributed by atoms with Gasteiger partial charge in [0.05, 0.1) is 18.8 Å². The van der Waals surface area contributed by atoms with Crippen LogP contribution in [0.15, 0.2) is 34.9 Å². The predicted molar refractivity (Wildman–Crippen MR) is 56.8 cm³/mol. The number of furan rings is 1. The van der Waals surface area contributed by atoms with Crippen molar-refractivity contribution >= 4 is 22.4 Å². The van der Waals surface area contributed by atoms with Crippen LogP contribution in [-0.2, 0) is 0 Å². The van der Waals surface area contributed by atoms with E-state index in [1.54, 1.807) is 6.26 Å². The Morgan fingerprint density at radius 1 is 1.36 bits per heavy atom. The Hall–Kier alpha value is -0.990. The number of fused-ring (bicyclic) bond motifs is 1. The van der Waals surface area contributed by atoms with Gasteiger partial charge in [-0.15, -0.1) is 11.6 Å². The monoisotopic (exact) mass is 210 g/mol. The van der Waals surface area contributed by atoms with Crippen LogP contribution in [0.25, 0.3) is 10.8 Å². The van der Waals surface area contributed by atoms with Gasteiger partial charge in [-0.05, 0) is 0 Å². The van der Waals surface area contributed by atoms with Crippen LogP contribution in [0.2, 0.25) is 0 Å². The lowest BCUT2D eigenvalue weighted by molar-refractivity contribution is 0.260. The van der Waals surface area contributed by atoms with Gasteiger partial charge < -0.3 is 9.52 Å². The minimum Gasteiger partial charge on any atom is -0.468 e. The fourth-order valence-corrected chi connectivity index (χ4v) is 1.77. The van der Waals surface area contributed by atoms with E-state index in [1.165, 1.54) is 0 Å². The maximum absolute atomic E-state index is 9.11. The zero-order chi connectivity index (χ0) is 9.97. The van der Waals surface area contributed by atoms with E-state index >= 15 is 0 Å². The maximum atomic E-state index is 9.11. The van der Waals surface area contributed by atoms with Crippen molar-refractivity contribution in [2.45, 2.75) is 5.92 Å². The molecule has 1 aromatic carbocycles. The van der Waals surface area contributed by atoms with Crippen LogP contribution in [0.5, 0.6) is 0 Å². The second kappa shape index (κ2) is 4.03. The number of rotatable bonds is 3. The molecule has 2 nitrogen and oxygen atoms in total. The van der Waals surface area contributed by atoms with Crippen LogP contribution >= 0.6 is 11.6 Å². The van der Waals surface area contributed by atoms with Gasteiger partial charge in [0, 0.05) is 16.7 Å². The average Bonchev–Trinajstić information content (AvgIpc) is 2.65. The van der Waals surface area contributed by atoms with Crippen molar-refractivity contribution in [2.24, 2.45) is 0 Å². The van der Waals surface area contributed by atoms with Gasteiger partial charge in [-0.3, -0.25) is 0 Å². The Labute approximate surface area is 87.1 Å². The summed E-state index contributed by atoms with van der Waals surface area (Å²) in [4.78, 5) is 0. The number of benzene rings is 1. The minimum atomic E-state index is -0.114. The molecule has 0 spiro atoms. The van der Waals surface area contributed by atoms with E-state index < -0.39 is 0 Å². The summed E-state index contributed by atoms with van der Waals surface area (Å²) >= 11 is 5.74. The van der Waals surface area contributed by atoms with Gasteiger partial charge in [0.2, 0.25) is 0 Å². The highest BCUT2D eigenvalue weighted by Gasteiger charge is 2.15. The maximum Gasteiger partial charge on any atom is 0.118 e. The second-order valence-corrected chi connectivity index (χ2v) is 3.53. The van der Waals surface area contributed by atoms with E-state index in [2.05, 4.69) is 0 Å². The largest absolute Gasteiger partial charge is 0.468 e. The van der Waals surface area contributed by atoms with Crippen molar-refractivity contribution in [1.29, 1.82) is 0 Å². The van der Waals surface area contributed by atoms with Crippen molar-refractivity contribution < 1.29 is 9.52 Å². The second-order valence-electron chi connectivity index (χ2n) is 3.22. The number of aliphatic hydroxyl groups excluding tert-OH is 1. The summed E-state index contributed by atoms with van der Waals surface area (Å²) in [7, 11) is 0. The smallest absolute Gasteiger partial charge is 0.118 e. The van der Waals surface area contributed by atoms with Crippen molar-refractivity contribution in [3.8, 4) is 0 Å². The molecule has 0 saturated heterocycles. The minimum absolute atomic E-state index is 0.0149. The first kappa shape index (κ1) is 9.56. The summed E-state index contributed by atoms with van der Waals surface area (Å²) in [6, 6.07) is 7.86. The molecule has 2 aromatic rings. The van der Waals surface area contributed by atoms with Gasteiger partial charge in [0.1, 0.15) is 5.76 Å². The molecule has 2 rings (SSSR count). The molecule has 3 heteroatoms. The van der Waals surface area contributed by atoms with Gasteiger partial charge in [-0.1, -0.05) is 24.3 Å². The van der Waals surface area contributed by atoms with Gasteiger partial charge in [-0.2, -0.15) is 0 Å². The molecule has 0 bridgehead atoms. The molecule has 1 aromatic heterocycles. The Morgan fingerprint density at radius 2 is 2.14 bits per heavy atom. The zero-order valence-corrected chi connectivity index (χ0v) is 8.37. The number of hydrogen-bond acceptors (Lipinski definition) is 2. The molecule has 1 N–H and O–H groups in total. The number of halogens is 1. The molecule has 0 amide bonds. The summed E-state index contributed by atoms with van der Waals surface area (Å²) < 4.78 is 5.41. The summed E-state index contributed by atoms with van der Waals surface area (Å²) in [5, 5.41) is 11.2. The fraction of sp³-hybridized carbons (Fsp3) is 0.273. The standard InChI is InChI=1S/C11H11ClO2/c12-5-9(6-13)11-10-4-2-1-3-8(10)7-14-11/h1-4,7,9,13H,5-6H2. The highest BCUT2D eigenvalue weighted by Crippen LogP contribution is 2.27. The normalized spacial score (nSPS) is 13.3. The lowest BCUT2D eigenvalue weighted by Crippen LogP contribution is -2.04. The molecule has 14 heavy (non-hydrogen) atoms. The topological polar surface area (TPSA) is 33.4 Å². The number of hydrogen-bond donors (Lipinski definition) is 1. The molecule has 1 unspecified atom stereocenters. The van der Waals surface area contributed by atoms with E-state index in [0.29, 0.717) is 5.88 Å². The Morgan fingerprint density at radius 3 is 2.86 bits per heavy atom. The van der Waals surface area contributed by atoms with Crippen LogP contribution in [0.4, 0.5) is 0 Å². The van der Waals surface area contributed by atoms with E-state index in [-0.39, 0.29) is 12.5 Å². The predicted octanol–water partition coefficient (Wildman–Crippen LogP) is 2.75. The zero-order valence-electron chi connectivity index (χ0n) is 7.61. The number of aliphatic hydroxyl groups is 1. The molecule has 1 atom stereocenters. The Balaban J connectivity index is 2.51. The highest BCUT2D eigenvalue weighted by molar-refractivity contribution is 6.18. The SMILES string of the molecule is OCC(CCl)c1occ2ccccc12. The summed E-state index contributed by atoms with van der Waals surface area (Å²) in [5.41, 5.74) is 0. The number of alkyl halides is 1. The molecule has 0 saturated carbocycles. The molecular formula is C11H11ClO2. The summed E-state index contributed by atoms with van der Waals surface area (Å²) in [6.45, 7) is 0.0149. The van der Waals surface area contributed by atoms with Gasteiger partial charge >= 0.3 is 0 Å². The third-order valence-electron chi connectivity index (χ3n) is 2.32. The lowest BCUT2D eigenvalue weighted by Gasteiger charge is -2.06. The van der Waals surface area contributed by atoms with E-state index in [1.807, 2.05) is 24.3 Å². The van der Waals surface area contributed by atoms with E-state index in [4.69, 9.17) is 21.1 Å². The molecular weight excluding hydrogens is 200 g/mol. The van der Waals surface area contributed by atoms with Crippen LogP contribution < -0.4 is 0 Å². The summed E-state index contributed by atoms with van der Waals surface area (Å²) in [6.07, 6.45) is 1.69. The molecule has 0 aliphatic carbocycles. The Kier molecular flexibility index (Phi) is 2.75. The Bertz CT molecular complexity index is 418. The van der Waals surface area contributed by atoms with Crippen molar-refractivity contribution in [1.82, 2.24) is 0 Å². The molecule has 0 fully saturated rings. The molecule has 0 aliphatic rings. The third-order valence-corrected chi connectivity index (χ3v) is 2.69. The van der Waals surface area contributed by atoms with Gasteiger partial charge in [0.15, 0.2) is 0 Å². The quantitative estimate of drug-likeness (QED) is 0.791. The molecule has 1 heterocycles. The fourth-order valence-electron chi connectivity index (χ4n) is 1.53. The van der Waals surface area contributed by atoms with Crippen molar-refractivity contribution in [2.75, 3.05) is 12.5 Å². The first-order chi connectivity index (χ1) is 6.86. The van der Waals surface area contributed by atoms with E-state index in [0.717, 1.165) is 16.5 Å². The van der Waals surface area contributed by atoms with Crippen molar-refractivity contribution in [3.05, 3.63) is 36.3 Å². The third kappa shape index (κ3) is 1.51. The first-order valence-electron chi connectivity index (χ1n) is 4.49. The first-order valence-corrected chi connectivity index (χ1v) is 5.03. The summed E-state index contributed by atoms with van der Waals surface area (Å²) in [5.74, 6) is 1.03. The lowest BCUT2D eigenvalue weighted by atomic mass is 10.1. The van der Waals surface area contributed by atoms with Crippen LogP contribution in [-0.4, -0.2) is 17.6 Å². The van der Waals surface area contributed by atoms with E-state index in [9.17, 15) is 0 Å². The van der Waals surface area contributed by atoms with Crippen LogP contribution in [0.3, 0.4) is 0 Å². The molecule has 0 radical (unpaired) electrons. The highest BCUT2D eigenvalue weighted by atomic mass is 35.5. The molecule has 0 aliphatic heterocycles. The molecule has 74 valence electrons. The van der Waals surface area contributed by atoms with Crippen LogP contribution in [0, 0.1) is 0 Å². The van der Waals surface area contributed by atoms with Crippen molar-refractivity contribution in [3.63, 3.8) is 0 Å². The van der Waals surface area contributed by atoms with Crippen LogP contribution in [0.1, 0.15) is 11.7 Å².